The number of urea groups is 1. The van der Waals surface area contributed by atoms with Crippen LogP contribution in [0.25, 0.3) is 0 Å². The number of carbonyl (C=O) groups is 4. The van der Waals surface area contributed by atoms with Gasteiger partial charge in [-0.05, 0) is 62.6 Å². The number of rotatable bonds is 4. The van der Waals surface area contributed by atoms with Crippen LogP contribution in [0.3, 0.4) is 0 Å². The van der Waals surface area contributed by atoms with Gasteiger partial charge in [-0.3, -0.25) is 19.8 Å². The van der Waals surface area contributed by atoms with E-state index in [2.05, 4.69) is 23.0 Å². The van der Waals surface area contributed by atoms with Gasteiger partial charge in [-0.2, -0.15) is 5.01 Å². The third-order valence-corrected chi connectivity index (χ3v) is 5.84. The van der Waals surface area contributed by atoms with Gasteiger partial charge in [0.1, 0.15) is 5.54 Å². The molecule has 8 heteroatoms. The summed E-state index contributed by atoms with van der Waals surface area (Å²) < 4.78 is 0. The van der Waals surface area contributed by atoms with Gasteiger partial charge >= 0.3 is 6.03 Å². The first-order valence-electron chi connectivity index (χ1n) is 9.76. The summed E-state index contributed by atoms with van der Waals surface area (Å²) in [5, 5.41) is 6.34. The highest BCUT2D eigenvalue weighted by Gasteiger charge is 2.52. The van der Waals surface area contributed by atoms with Crippen LogP contribution in [0.1, 0.15) is 55.8 Å². The zero-order valence-electron chi connectivity index (χ0n) is 15.8. The SMILES string of the molecule is CC1CCC2(CC1)NC(=O)N(NC(=O)c1cccc(NC(=O)C3CC3)c1)C2=O. The van der Waals surface area contributed by atoms with E-state index >= 15 is 0 Å². The van der Waals surface area contributed by atoms with Crippen molar-refractivity contribution >= 4 is 29.4 Å². The lowest BCUT2D eigenvalue weighted by molar-refractivity contribution is -0.134. The van der Waals surface area contributed by atoms with Crippen LogP contribution in [0.5, 0.6) is 0 Å². The third-order valence-electron chi connectivity index (χ3n) is 5.84. The Labute approximate surface area is 163 Å². The molecule has 0 bridgehead atoms. The molecule has 3 aliphatic rings. The molecule has 3 fully saturated rings. The summed E-state index contributed by atoms with van der Waals surface area (Å²) in [5.74, 6) is -0.464. The second-order valence-electron chi connectivity index (χ2n) is 8.12. The molecule has 3 N–H and O–H groups in total. The van der Waals surface area contributed by atoms with Crippen LogP contribution in [0.15, 0.2) is 24.3 Å². The molecule has 5 amide bonds. The van der Waals surface area contributed by atoms with Crippen LogP contribution < -0.4 is 16.1 Å². The maximum Gasteiger partial charge on any atom is 0.344 e. The molecule has 1 aromatic rings. The number of benzene rings is 1. The monoisotopic (exact) mass is 384 g/mol. The first-order valence-corrected chi connectivity index (χ1v) is 9.76. The Morgan fingerprint density at radius 3 is 2.54 bits per heavy atom. The summed E-state index contributed by atoms with van der Waals surface area (Å²) >= 11 is 0. The van der Waals surface area contributed by atoms with Crippen molar-refractivity contribution in [2.24, 2.45) is 11.8 Å². The molecule has 0 unspecified atom stereocenters. The molecule has 1 aromatic carbocycles. The molecular weight excluding hydrogens is 360 g/mol. The quantitative estimate of drug-likeness (QED) is 0.692. The van der Waals surface area contributed by atoms with Gasteiger partial charge in [0.05, 0.1) is 0 Å². The highest BCUT2D eigenvalue weighted by molar-refractivity contribution is 6.09. The topological polar surface area (TPSA) is 108 Å². The van der Waals surface area contributed by atoms with Crippen LogP contribution in [-0.4, -0.2) is 34.3 Å². The van der Waals surface area contributed by atoms with Crippen LogP contribution in [-0.2, 0) is 9.59 Å². The highest BCUT2D eigenvalue weighted by Crippen LogP contribution is 2.36. The van der Waals surface area contributed by atoms with E-state index in [1.807, 2.05) is 0 Å². The van der Waals surface area contributed by atoms with Crippen molar-refractivity contribution in [2.75, 3.05) is 5.32 Å². The molecule has 0 atom stereocenters. The predicted octanol–water partition coefficient (Wildman–Crippen LogP) is 2.18. The number of carbonyl (C=O) groups excluding carboxylic acids is 4. The van der Waals surface area contributed by atoms with E-state index in [0.29, 0.717) is 24.4 Å². The van der Waals surface area contributed by atoms with Crippen molar-refractivity contribution in [2.45, 2.75) is 51.0 Å². The minimum atomic E-state index is -0.906. The largest absolute Gasteiger partial charge is 0.344 e. The maximum absolute atomic E-state index is 12.8. The molecule has 8 nitrogen and oxygen atoms in total. The molecule has 148 valence electrons. The zero-order chi connectivity index (χ0) is 19.9. The number of amides is 5. The van der Waals surface area contributed by atoms with Crippen LogP contribution >= 0.6 is 0 Å². The molecule has 1 spiro atoms. The predicted molar refractivity (Wildman–Crippen MR) is 101 cm³/mol. The van der Waals surface area contributed by atoms with E-state index in [9.17, 15) is 19.2 Å². The summed E-state index contributed by atoms with van der Waals surface area (Å²) in [5.41, 5.74) is 2.28. The summed E-state index contributed by atoms with van der Waals surface area (Å²) in [6.45, 7) is 2.13. The summed E-state index contributed by atoms with van der Waals surface area (Å²) in [6.07, 6.45) is 4.64. The van der Waals surface area contributed by atoms with Crippen molar-refractivity contribution in [3.63, 3.8) is 0 Å². The smallest absolute Gasteiger partial charge is 0.326 e. The van der Waals surface area contributed by atoms with Crippen molar-refractivity contribution < 1.29 is 19.2 Å². The standard InChI is InChI=1S/C20H24N4O4/c1-12-7-9-20(10-8-12)18(27)24(19(28)22-20)23-17(26)14-3-2-4-15(11-14)21-16(25)13-5-6-13/h2-4,11-13H,5-10H2,1H3,(H,21,25)(H,22,28)(H,23,26). The fourth-order valence-electron chi connectivity index (χ4n) is 3.81. The molecule has 1 heterocycles. The van der Waals surface area contributed by atoms with Gasteiger partial charge in [-0.1, -0.05) is 13.0 Å². The summed E-state index contributed by atoms with van der Waals surface area (Å²) in [4.78, 5) is 49.7. The van der Waals surface area contributed by atoms with Gasteiger partial charge in [0.2, 0.25) is 5.91 Å². The number of imide groups is 1. The summed E-state index contributed by atoms with van der Waals surface area (Å²) in [7, 11) is 0. The number of anilines is 1. The average Bonchev–Trinajstić information content (AvgIpc) is 3.50. The highest BCUT2D eigenvalue weighted by atomic mass is 16.2. The minimum Gasteiger partial charge on any atom is -0.326 e. The third kappa shape index (κ3) is 3.46. The number of hydrogen-bond acceptors (Lipinski definition) is 4. The van der Waals surface area contributed by atoms with Gasteiger partial charge in [0, 0.05) is 17.2 Å². The Bertz CT molecular complexity index is 840. The Morgan fingerprint density at radius 2 is 1.86 bits per heavy atom. The minimum absolute atomic E-state index is 0.0535. The number of hydrazine groups is 1. The molecule has 2 aliphatic carbocycles. The van der Waals surface area contributed by atoms with Gasteiger partial charge in [0.15, 0.2) is 0 Å². The Morgan fingerprint density at radius 1 is 1.14 bits per heavy atom. The fourth-order valence-corrected chi connectivity index (χ4v) is 3.81. The van der Waals surface area contributed by atoms with Gasteiger partial charge in [0.25, 0.3) is 11.8 Å². The Kier molecular flexibility index (Phi) is 4.56. The van der Waals surface area contributed by atoms with E-state index < -0.39 is 23.4 Å². The average molecular weight is 384 g/mol. The number of hydrogen-bond donors (Lipinski definition) is 3. The number of nitrogens with one attached hydrogen (secondary N) is 3. The van der Waals surface area contributed by atoms with E-state index in [1.165, 1.54) is 6.07 Å². The lowest BCUT2D eigenvalue weighted by Gasteiger charge is -2.33. The van der Waals surface area contributed by atoms with E-state index in [0.717, 1.165) is 30.7 Å². The van der Waals surface area contributed by atoms with Crippen LogP contribution in [0, 0.1) is 11.8 Å². The molecule has 1 aliphatic heterocycles. The Balaban J connectivity index is 1.44. The molecule has 0 aromatic heterocycles. The molecule has 0 radical (unpaired) electrons. The molecule has 1 saturated heterocycles. The maximum atomic E-state index is 12.8. The van der Waals surface area contributed by atoms with Gasteiger partial charge in [-0.25, -0.2) is 4.79 Å². The van der Waals surface area contributed by atoms with Crippen LogP contribution in [0.2, 0.25) is 0 Å². The van der Waals surface area contributed by atoms with Gasteiger partial charge < -0.3 is 10.6 Å². The molecular formula is C20H24N4O4. The van der Waals surface area contributed by atoms with E-state index in [1.54, 1.807) is 18.2 Å². The lowest BCUT2D eigenvalue weighted by Crippen LogP contribution is -2.51. The van der Waals surface area contributed by atoms with E-state index in [4.69, 9.17) is 0 Å². The van der Waals surface area contributed by atoms with Gasteiger partial charge in [-0.15, -0.1) is 0 Å². The normalized spacial score (nSPS) is 26.9. The van der Waals surface area contributed by atoms with Crippen molar-refractivity contribution in [1.82, 2.24) is 15.8 Å². The second-order valence-corrected chi connectivity index (χ2v) is 8.12. The molecule has 28 heavy (non-hydrogen) atoms. The first-order chi connectivity index (χ1) is 13.4. The number of nitrogens with zero attached hydrogens (tertiary/aromatic N) is 1. The first kappa shape index (κ1) is 18.5. The van der Waals surface area contributed by atoms with Crippen molar-refractivity contribution in [3.05, 3.63) is 29.8 Å². The summed E-state index contributed by atoms with van der Waals surface area (Å²) in [6, 6.07) is 5.84. The van der Waals surface area contributed by atoms with E-state index in [-0.39, 0.29) is 17.4 Å². The lowest BCUT2D eigenvalue weighted by atomic mass is 9.77. The molecule has 4 rings (SSSR count). The van der Waals surface area contributed by atoms with Crippen molar-refractivity contribution in [1.29, 1.82) is 0 Å². The molecule has 2 saturated carbocycles. The zero-order valence-corrected chi connectivity index (χ0v) is 15.8. The Hall–Kier alpha value is -2.90. The van der Waals surface area contributed by atoms with Crippen LogP contribution in [0.4, 0.5) is 10.5 Å². The van der Waals surface area contributed by atoms with Crippen molar-refractivity contribution in [3.8, 4) is 0 Å². The fraction of sp³-hybridized carbons (Fsp3) is 0.500. The second kappa shape index (κ2) is 6.92.